The molecule has 2 bridgehead atoms. The Kier molecular flexibility index (Phi) is 3.20. The van der Waals surface area contributed by atoms with Crippen molar-refractivity contribution in [3.63, 3.8) is 0 Å². The highest BCUT2D eigenvalue weighted by atomic mass is 16.6. The van der Waals surface area contributed by atoms with Crippen LogP contribution in [0.3, 0.4) is 0 Å². The average molecular weight is 238 g/mol. The standard InChI is InChI=1S/C15H26O2/c1-9(2)4-13-10(3)14-5-11(13)6-15(14)17-8-12-7-16-12/h9-15H,4-8H2,1-3H3. The summed E-state index contributed by atoms with van der Waals surface area (Å²) in [4.78, 5) is 0. The predicted octanol–water partition coefficient (Wildman–Crippen LogP) is 3.11. The zero-order valence-corrected chi connectivity index (χ0v) is 11.4. The van der Waals surface area contributed by atoms with E-state index < -0.39 is 0 Å². The van der Waals surface area contributed by atoms with Gasteiger partial charge >= 0.3 is 0 Å². The molecular weight excluding hydrogens is 212 g/mol. The second-order valence-corrected chi connectivity index (χ2v) is 6.87. The molecule has 0 aromatic heterocycles. The van der Waals surface area contributed by atoms with Gasteiger partial charge in [0.1, 0.15) is 6.10 Å². The van der Waals surface area contributed by atoms with Crippen LogP contribution in [0, 0.1) is 29.6 Å². The Balaban J connectivity index is 1.53. The molecule has 2 nitrogen and oxygen atoms in total. The maximum Gasteiger partial charge on any atom is 0.104 e. The maximum absolute atomic E-state index is 6.06. The molecular formula is C15H26O2. The predicted molar refractivity (Wildman–Crippen MR) is 67.8 cm³/mol. The van der Waals surface area contributed by atoms with Crippen LogP contribution >= 0.6 is 0 Å². The molecule has 2 aliphatic carbocycles. The van der Waals surface area contributed by atoms with Crippen molar-refractivity contribution in [2.45, 2.75) is 52.2 Å². The fourth-order valence-electron chi connectivity index (χ4n) is 4.26. The fraction of sp³-hybridized carbons (Fsp3) is 1.00. The minimum absolute atomic E-state index is 0.427. The molecule has 17 heavy (non-hydrogen) atoms. The number of rotatable bonds is 5. The average Bonchev–Trinajstić information content (AvgIpc) is 2.95. The van der Waals surface area contributed by atoms with E-state index in [0.717, 1.165) is 42.8 Å². The number of hydrogen-bond acceptors (Lipinski definition) is 2. The summed E-state index contributed by atoms with van der Waals surface area (Å²) < 4.78 is 11.3. The highest BCUT2D eigenvalue weighted by molar-refractivity contribution is 5.00. The summed E-state index contributed by atoms with van der Waals surface area (Å²) in [5, 5.41) is 0. The molecule has 0 radical (unpaired) electrons. The van der Waals surface area contributed by atoms with Gasteiger partial charge in [0, 0.05) is 0 Å². The van der Waals surface area contributed by atoms with E-state index in [-0.39, 0.29) is 0 Å². The molecule has 2 heteroatoms. The summed E-state index contributed by atoms with van der Waals surface area (Å²) in [7, 11) is 0. The highest BCUT2D eigenvalue weighted by Crippen LogP contribution is 2.55. The van der Waals surface area contributed by atoms with Crippen molar-refractivity contribution in [3.8, 4) is 0 Å². The van der Waals surface area contributed by atoms with Crippen LogP contribution in [-0.2, 0) is 9.47 Å². The number of ether oxygens (including phenoxy) is 2. The lowest BCUT2D eigenvalue weighted by molar-refractivity contribution is -0.0205. The van der Waals surface area contributed by atoms with Crippen molar-refractivity contribution in [2.24, 2.45) is 29.6 Å². The maximum atomic E-state index is 6.06. The molecule has 0 amide bonds. The Labute approximate surface area is 105 Å². The van der Waals surface area contributed by atoms with Crippen molar-refractivity contribution < 1.29 is 9.47 Å². The SMILES string of the molecule is CC(C)CC1C2CC(OCC3CO3)C(C2)C1C. The molecule has 2 saturated carbocycles. The molecule has 0 aromatic carbocycles. The lowest BCUT2D eigenvalue weighted by Crippen LogP contribution is -2.33. The molecule has 0 spiro atoms. The van der Waals surface area contributed by atoms with Gasteiger partial charge in [-0.05, 0) is 48.9 Å². The van der Waals surface area contributed by atoms with Crippen molar-refractivity contribution >= 4 is 0 Å². The van der Waals surface area contributed by atoms with Crippen molar-refractivity contribution in [2.75, 3.05) is 13.2 Å². The number of hydrogen-bond donors (Lipinski definition) is 0. The fourth-order valence-corrected chi connectivity index (χ4v) is 4.26. The minimum atomic E-state index is 0.427. The van der Waals surface area contributed by atoms with Crippen molar-refractivity contribution in [1.82, 2.24) is 0 Å². The molecule has 0 aromatic rings. The summed E-state index contributed by atoms with van der Waals surface area (Å²) >= 11 is 0. The monoisotopic (exact) mass is 238 g/mol. The summed E-state index contributed by atoms with van der Waals surface area (Å²) in [5.41, 5.74) is 0. The van der Waals surface area contributed by atoms with Crippen LogP contribution in [0.15, 0.2) is 0 Å². The van der Waals surface area contributed by atoms with Crippen LogP contribution in [0.2, 0.25) is 0 Å². The molecule has 3 rings (SSSR count). The third-order valence-electron chi connectivity index (χ3n) is 5.19. The van der Waals surface area contributed by atoms with Gasteiger partial charge in [0.15, 0.2) is 0 Å². The topological polar surface area (TPSA) is 21.8 Å². The molecule has 0 N–H and O–H groups in total. The summed E-state index contributed by atoms with van der Waals surface area (Å²) in [5.74, 6) is 4.48. The Morgan fingerprint density at radius 2 is 2.06 bits per heavy atom. The summed E-state index contributed by atoms with van der Waals surface area (Å²) in [6.07, 6.45) is 5.13. The zero-order chi connectivity index (χ0) is 12.0. The number of fused-ring (bicyclic) bond motifs is 2. The Bertz CT molecular complexity index is 268. The molecule has 98 valence electrons. The van der Waals surface area contributed by atoms with E-state index in [2.05, 4.69) is 20.8 Å². The van der Waals surface area contributed by atoms with Gasteiger partial charge in [0.25, 0.3) is 0 Å². The van der Waals surface area contributed by atoms with E-state index in [1.165, 1.54) is 19.3 Å². The quantitative estimate of drug-likeness (QED) is 0.686. The van der Waals surface area contributed by atoms with Gasteiger partial charge in [0.05, 0.1) is 19.3 Å². The first kappa shape index (κ1) is 12.0. The van der Waals surface area contributed by atoms with E-state index in [0.29, 0.717) is 12.2 Å². The molecule has 1 saturated heterocycles. The molecule has 6 unspecified atom stereocenters. The van der Waals surface area contributed by atoms with Gasteiger partial charge in [0.2, 0.25) is 0 Å². The first-order chi connectivity index (χ1) is 8.15. The van der Waals surface area contributed by atoms with Crippen molar-refractivity contribution in [3.05, 3.63) is 0 Å². The Morgan fingerprint density at radius 3 is 2.65 bits per heavy atom. The van der Waals surface area contributed by atoms with Crippen LogP contribution in [0.5, 0.6) is 0 Å². The molecule has 1 heterocycles. The summed E-state index contributed by atoms with van der Waals surface area (Å²) in [6.45, 7) is 8.94. The third kappa shape index (κ3) is 2.39. The lowest BCUT2D eigenvalue weighted by Gasteiger charge is -2.34. The molecule has 6 atom stereocenters. The normalized spacial score (nSPS) is 48.0. The largest absolute Gasteiger partial charge is 0.375 e. The minimum Gasteiger partial charge on any atom is -0.375 e. The van der Waals surface area contributed by atoms with E-state index in [1.54, 1.807) is 0 Å². The van der Waals surface area contributed by atoms with Crippen LogP contribution in [0.25, 0.3) is 0 Å². The van der Waals surface area contributed by atoms with Gasteiger partial charge in [-0.3, -0.25) is 0 Å². The van der Waals surface area contributed by atoms with E-state index in [1.807, 2.05) is 0 Å². The van der Waals surface area contributed by atoms with E-state index in [9.17, 15) is 0 Å². The van der Waals surface area contributed by atoms with Gasteiger partial charge in [-0.2, -0.15) is 0 Å². The molecule has 3 fully saturated rings. The second kappa shape index (κ2) is 4.55. The Morgan fingerprint density at radius 1 is 1.29 bits per heavy atom. The van der Waals surface area contributed by atoms with Gasteiger partial charge in [-0.25, -0.2) is 0 Å². The van der Waals surface area contributed by atoms with Gasteiger partial charge in [-0.15, -0.1) is 0 Å². The van der Waals surface area contributed by atoms with Crippen LogP contribution in [0.4, 0.5) is 0 Å². The van der Waals surface area contributed by atoms with Gasteiger partial charge in [-0.1, -0.05) is 20.8 Å². The molecule has 3 aliphatic rings. The molecule has 1 aliphatic heterocycles. The first-order valence-corrected chi connectivity index (χ1v) is 7.38. The van der Waals surface area contributed by atoms with Crippen LogP contribution in [-0.4, -0.2) is 25.4 Å². The highest BCUT2D eigenvalue weighted by Gasteiger charge is 2.51. The second-order valence-electron chi connectivity index (χ2n) is 6.87. The third-order valence-corrected chi connectivity index (χ3v) is 5.19. The van der Waals surface area contributed by atoms with Crippen LogP contribution < -0.4 is 0 Å². The van der Waals surface area contributed by atoms with Crippen LogP contribution in [0.1, 0.15) is 40.0 Å². The van der Waals surface area contributed by atoms with Crippen molar-refractivity contribution in [1.29, 1.82) is 0 Å². The van der Waals surface area contributed by atoms with E-state index >= 15 is 0 Å². The first-order valence-electron chi connectivity index (χ1n) is 7.38. The zero-order valence-electron chi connectivity index (χ0n) is 11.4. The summed E-state index contributed by atoms with van der Waals surface area (Å²) in [6, 6.07) is 0. The number of epoxide rings is 1. The smallest absolute Gasteiger partial charge is 0.104 e. The van der Waals surface area contributed by atoms with E-state index in [4.69, 9.17) is 9.47 Å². The van der Waals surface area contributed by atoms with Gasteiger partial charge < -0.3 is 9.47 Å². The lowest BCUT2D eigenvalue weighted by atomic mass is 9.75. The Hall–Kier alpha value is -0.0800.